The zero-order chi connectivity index (χ0) is 18.4. The van der Waals surface area contributed by atoms with Crippen molar-refractivity contribution >= 4 is 5.84 Å². The molecule has 4 rings (SSSR count). The lowest BCUT2D eigenvalue weighted by molar-refractivity contribution is -0.100. The van der Waals surface area contributed by atoms with E-state index in [9.17, 15) is 13.2 Å². The molecule has 1 aromatic rings. The van der Waals surface area contributed by atoms with Crippen molar-refractivity contribution in [2.24, 2.45) is 10.7 Å². The van der Waals surface area contributed by atoms with E-state index in [0.717, 1.165) is 19.2 Å². The summed E-state index contributed by atoms with van der Waals surface area (Å²) in [6.07, 6.45) is -0.313. The fraction of sp³-hybridized carbons (Fsp3) is 0.667. The maximum absolute atomic E-state index is 13.4. The molecule has 1 atom stereocenters. The monoisotopic (exact) mass is 371 g/mol. The fourth-order valence-corrected chi connectivity index (χ4v) is 3.73. The van der Waals surface area contributed by atoms with Gasteiger partial charge in [0.1, 0.15) is 17.2 Å². The summed E-state index contributed by atoms with van der Waals surface area (Å²) in [5.41, 5.74) is 3.66. The number of hydrogen-bond donors (Lipinski definition) is 1. The van der Waals surface area contributed by atoms with Crippen LogP contribution in [0.1, 0.15) is 6.42 Å². The second-order valence-electron chi connectivity index (χ2n) is 6.75. The van der Waals surface area contributed by atoms with E-state index in [-0.39, 0.29) is 12.3 Å². The molecule has 0 aliphatic carbocycles. The normalized spacial score (nSPS) is 29.2. The van der Waals surface area contributed by atoms with E-state index in [1.165, 1.54) is 10.9 Å². The Morgan fingerprint density at radius 3 is 2.46 bits per heavy atom. The van der Waals surface area contributed by atoms with E-state index in [1.54, 1.807) is 6.20 Å². The van der Waals surface area contributed by atoms with Gasteiger partial charge in [0.15, 0.2) is 0 Å². The molecule has 3 aliphatic rings. The average molecular weight is 371 g/mol. The Kier molecular flexibility index (Phi) is 4.24. The second kappa shape index (κ2) is 6.32. The van der Waals surface area contributed by atoms with Crippen molar-refractivity contribution in [1.82, 2.24) is 24.8 Å². The molecule has 0 radical (unpaired) electrons. The maximum Gasteiger partial charge on any atom is 0.433 e. The largest absolute Gasteiger partial charge is 0.433 e. The molecule has 0 saturated carbocycles. The molecule has 2 N–H and O–H groups in total. The second-order valence-corrected chi connectivity index (χ2v) is 6.75. The number of aromatic nitrogens is 3. The summed E-state index contributed by atoms with van der Waals surface area (Å²) in [6.45, 7) is 4.10. The van der Waals surface area contributed by atoms with Crippen molar-refractivity contribution in [3.63, 3.8) is 0 Å². The van der Waals surface area contributed by atoms with Crippen LogP contribution in [0.4, 0.5) is 13.2 Å². The molecule has 0 amide bonds. The van der Waals surface area contributed by atoms with Crippen molar-refractivity contribution in [3.05, 3.63) is 24.2 Å². The molecule has 8 nitrogen and oxygen atoms in total. The molecular formula is C15H20F3N7O. The molecule has 11 heteroatoms. The average Bonchev–Trinajstić information content (AvgIpc) is 3.07. The van der Waals surface area contributed by atoms with Crippen molar-refractivity contribution < 1.29 is 17.9 Å². The summed E-state index contributed by atoms with van der Waals surface area (Å²) in [7, 11) is 0. The van der Waals surface area contributed by atoms with Gasteiger partial charge in [0.05, 0.1) is 25.5 Å². The van der Waals surface area contributed by atoms with Crippen molar-refractivity contribution in [2.45, 2.75) is 24.3 Å². The van der Waals surface area contributed by atoms with E-state index in [1.807, 2.05) is 4.90 Å². The molecule has 4 heterocycles. The molecule has 142 valence electrons. The van der Waals surface area contributed by atoms with E-state index < -0.39 is 17.5 Å². The van der Waals surface area contributed by atoms with Crippen LogP contribution >= 0.6 is 0 Å². The third-order valence-corrected chi connectivity index (χ3v) is 5.18. The summed E-state index contributed by atoms with van der Waals surface area (Å²) in [5, 5.41) is 7.77. The van der Waals surface area contributed by atoms with Crippen LogP contribution in [0, 0.1) is 0 Å². The highest BCUT2D eigenvalue weighted by Gasteiger charge is 2.47. The van der Waals surface area contributed by atoms with Gasteiger partial charge in [-0.1, -0.05) is 5.21 Å². The number of piperazine rings is 1. The zero-order valence-electron chi connectivity index (χ0n) is 14.1. The van der Waals surface area contributed by atoms with Gasteiger partial charge in [-0.2, -0.15) is 13.2 Å². The fourth-order valence-electron chi connectivity index (χ4n) is 3.73. The van der Waals surface area contributed by atoms with Gasteiger partial charge in [0.25, 0.3) is 0 Å². The highest BCUT2D eigenvalue weighted by atomic mass is 19.4. The number of alkyl halides is 3. The van der Waals surface area contributed by atoms with Crippen LogP contribution in [0.3, 0.4) is 0 Å². The molecule has 0 bridgehead atoms. The molecule has 1 aromatic heterocycles. The molecular weight excluding hydrogens is 351 g/mol. The van der Waals surface area contributed by atoms with Gasteiger partial charge >= 0.3 is 6.18 Å². The minimum absolute atomic E-state index is 0.0647. The van der Waals surface area contributed by atoms with Gasteiger partial charge in [0, 0.05) is 38.8 Å². The summed E-state index contributed by atoms with van der Waals surface area (Å²) >= 11 is 0. The molecule has 0 spiro atoms. The minimum atomic E-state index is -4.58. The van der Waals surface area contributed by atoms with Crippen LogP contribution in [-0.2, 0) is 10.4 Å². The lowest BCUT2D eigenvalue weighted by Crippen LogP contribution is -2.62. The summed E-state index contributed by atoms with van der Waals surface area (Å²) in [5.74, 6) is -0.0647. The quantitative estimate of drug-likeness (QED) is 0.815. The van der Waals surface area contributed by atoms with E-state index in [4.69, 9.17) is 10.5 Å². The number of nitrogens with two attached hydrogens (primary N) is 1. The topological polar surface area (TPSA) is 84.8 Å². The Bertz CT molecular complexity index is 705. The van der Waals surface area contributed by atoms with Gasteiger partial charge in [-0.15, -0.1) is 5.10 Å². The molecule has 2 saturated heterocycles. The third kappa shape index (κ3) is 2.99. The van der Waals surface area contributed by atoms with E-state index in [2.05, 4.69) is 20.2 Å². The van der Waals surface area contributed by atoms with Crippen LogP contribution in [0.2, 0.25) is 0 Å². The molecule has 3 aliphatic heterocycles. The summed E-state index contributed by atoms with van der Waals surface area (Å²) in [6, 6.07) is 0.402. The Morgan fingerprint density at radius 1 is 1.19 bits per heavy atom. The van der Waals surface area contributed by atoms with Crippen LogP contribution in [0.5, 0.6) is 0 Å². The van der Waals surface area contributed by atoms with Crippen LogP contribution in [0.15, 0.2) is 29.2 Å². The standard InChI is InChI=1S/C15H20F3N7O/c16-15(17,18)12-7-14(8-13(19)21-12,25-2-1-20-22-25)24-5-3-23(4-6-24)11-9-26-10-11/h1-2,7,11H,3-6,8-10H2,(H2,19,21). The number of hydrogen-bond acceptors (Lipinski definition) is 7. The van der Waals surface area contributed by atoms with Crippen molar-refractivity contribution in [2.75, 3.05) is 39.4 Å². The number of amidine groups is 1. The first-order valence-corrected chi connectivity index (χ1v) is 8.45. The van der Waals surface area contributed by atoms with Crippen LogP contribution in [-0.4, -0.2) is 82.2 Å². The predicted octanol–water partition coefficient (Wildman–Crippen LogP) is 0.154. The van der Waals surface area contributed by atoms with E-state index >= 15 is 0 Å². The summed E-state index contributed by atoms with van der Waals surface area (Å²) < 4.78 is 46.8. The van der Waals surface area contributed by atoms with Gasteiger partial charge < -0.3 is 10.5 Å². The molecule has 0 aromatic carbocycles. The zero-order valence-corrected chi connectivity index (χ0v) is 14.1. The minimum Gasteiger partial charge on any atom is -0.387 e. The van der Waals surface area contributed by atoms with Crippen molar-refractivity contribution in [3.8, 4) is 0 Å². The Hall–Kier alpha value is -1.98. The van der Waals surface area contributed by atoms with Crippen LogP contribution < -0.4 is 5.73 Å². The molecule has 26 heavy (non-hydrogen) atoms. The van der Waals surface area contributed by atoms with Gasteiger partial charge in [-0.3, -0.25) is 9.80 Å². The lowest BCUT2D eigenvalue weighted by Gasteiger charge is -2.49. The third-order valence-electron chi connectivity index (χ3n) is 5.18. The molecule has 1 unspecified atom stereocenters. The number of rotatable bonds is 3. The number of nitrogens with zero attached hydrogens (tertiary/aromatic N) is 6. The Labute approximate surface area is 148 Å². The molecule has 2 fully saturated rings. The SMILES string of the molecule is NC1=NC(C(F)(F)F)=CC(N2CCN(C3COC3)CC2)(n2ccnn2)C1. The summed E-state index contributed by atoms with van der Waals surface area (Å²) in [4.78, 5) is 7.82. The Balaban J connectivity index is 1.65. The van der Waals surface area contributed by atoms with Gasteiger partial charge in [0.2, 0.25) is 0 Å². The number of halogens is 3. The van der Waals surface area contributed by atoms with Crippen LogP contribution in [0.25, 0.3) is 0 Å². The maximum atomic E-state index is 13.4. The first-order chi connectivity index (χ1) is 12.4. The Morgan fingerprint density at radius 2 is 1.92 bits per heavy atom. The van der Waals surface area contributed by atoms with Gasteiger partial charge in [-0.25, -0.2) is 9.67 Å². The first kappa shape index (κ1) is 17.4. The number of allylic oxidation sites excluding steroid dienone is 1. The highest BCUT2D eigenvalue weighted by molar-refractivity contribution is 5.83. The van der Waals surface area contributed by atoms with Crippen molar-refractivity contribution in [1.29, 1.82) is 0 Å². The number of aliphatic imine (C=N–C) groups is 1. The lowest BCUT2D eigenvalue weighted by atomic mass is 9.97. The van der Waals surface area contributed by atoms with Gasteiger partial charge in [-0.05, 0) is 6.08 Å². The predicted molar refractivity (Wildman–Crippen MR) is 86.1 cm³/mol. The highest BCUT2D eigenvalue weighted by Crippen LogP contribution is 2.38. The first-order valence-electron chi connectivity index (χ1n) is 8.45. The van der Waals surface area contributed by atoms with E-state index in [0.29, 0.717) is 32.3 Å². The number of ether oxygens (including phenoxy) is 1. The smallest absolute Gasteiger partial charge is 0.387 e.